The first-order valence-corrected chi connectivity index (χ1v) is 6.02. The lowest BCUT2D eigenvalue weighted by Gasteiger charge is -2.18. The first-order valence-electron chi connectivity index (χ1n) is 5.27. The molecule has 1 aromatic rings. The largest absolute Gasteiger partial charge is 0.289 e. The smallest absolute Gasteiger partial charge is 0.156 e. The van der Waals surface area contributed by atoms with Gasteiger partial charge in [0.25, 0.3) is 0 Å². The normalized spacial score (nSPS) is 13.3. The van der Waals surface area contributed by atoms with Gasteiger partial charge < -0.3 is 0 Å². The highest BCUT2D eigenvalue weighted by Crippen LogP contribution is 2.25. The van der Waals surface area contributed by atoms with Gasteiger partial charge in [-0.05, 0) is 26.3 Å². The van der Waals surface area contributed by atoms with Crippen LogP contribution in [0, 0.1) is 0 Å². The van der Waals surface area contributed by atoms with Crippen LogP contribution in [0.25, 0.3) is 0 Å². The van der Waals surface area contributed by atoms with E-state index in [0.717, 1.165) is 5.56 Å². The van der Waals surface area contributed by atoms with Crippen molar-refractivity contribution in [3.8, 4) is 0 Å². The molecule has 0 aliphatic heterocycles. The zero-order chi connectivity index (χ0) is 12.2. The molecular weight excluding hydrogens is 241 g/mol. The minimum absolute atomic E-state index is 0.147. The summed E-state index contributed by atoms with van der Waals surface area (Å²) < 4.78 is -0.936. The number of benzene rings is 1. The summed E-state index contributed by atoms with van der Waals surface area (Å²) in [7, 11) is 0. The first kappa shape index (κ1) is 13.5. The molecule has 0 saturated carbocycles. The summed E-state index contributed by atoms with van der Waals surface area (Å²) in [6.07, 6.45) is 2.19. The van der Waals surface area contributed by atoms with Gasteiger partial charge >= 0.3 is 0 Å². The number of aliphatic imine (C=N–C) groups is 1. The van der Waals surface area contributed by atoms with Crippen molar-refractivity contribution in [3.63, 3.8) is 0 Å². The van der Waals surface area contributed by atoms with Crippen molar-refractivity contribution >= 4 is 29.4 Å². The Morgan fingerprint density at radius 2 is 1.69 bits per heavy atom. The maximum atomic E-state index is 6.19. The fraction of sp³-hybridized carbons (Fsp3) is 0.462. The maximum Gasteiger partial charge on any atom is 0.156 e. The molecule has 1 aromatic carbocycles. The number of nitrogens with zero attached hydrogens (tertiary/aromatic N) is 1. The molecule has 0 heterocycles. The van der Waals surface area contributed by atoms with Crippen molar-refractivity contribution in [2.24, 2.45) is 4.99 Å². The highest BCUT2D eigenvalue weighted by Gasteiger charge is 2.22. The number of alkyl halides is 2. The molecule has 3 heteroatoms. The minimum Gasteiger partial charge on any atom is -0.289 e. The summed E-state index contributed by atoms with van der Waals surface area (Å²) in [5, 5.41) is 0. The molecule has 0 saturated heterocycles. The summed E-state index contributed by atoms with van der Waals surface area (Å²) in [6.45, 7) is 6.03. The average Bonchev–Trinajstić information content (AvgIpc) is 2.15. The molecule has 0 bridgehead atoms. The molecule has 0 unspecified atom stereocenters. The molecule has 0 aliphatic carbocycles. The predicted octanol–water partition coefficient (Wildman–Crippen LogP) is 4.27. The molecule has 88 valence electrons. The molecule has 0 N–H and O–H groups in total. The number of hydrogen-bond acceptors (Lipinski definition) is 1. The fourth-order valence-electron chi connectivity index (χ4n) is 1.20. The van der Waals surface area contributed by atoms with E-state index in [0.29, 0.717) is 6.42 Å². The van der Waals surface area contributed by atoms with E-state index in [9.17, 15) is 0 Å². The van der Waals surface area contributed by atoms with Crippen LogP contribution in [0.5, 0.6) is 0 Å². The summed E-state index contributed by atoms with van der Waals surface area (Å²) in [5.74, 6) is 0. The van der Waals surface area contributed by atoms with Crippen molar-refractivity contribution in [2.75, 3.05) is 0 Å². The van der Waals surface area contributed by atoms with Crippen molar-refractivity contribution in [1.29, 1.82) is 0 Å². The number of rotatable bonds is 3. The van der Waals surface area contributed by atoms with Crippen LogP contribution in [0.15, 0.2) is 35.3 Å². The van der Waals surface area contributed by atoms with Gasteiger partial charge in [0.2, 0.25) is 0 Å². The van der Waals surface area contributed by atoms with Crippen molar-refractivity contribution in [3.05, 3.63) is 35.9 Å². The van der Waals surface area contributed by atoms with Gasteiger partial charge in [-0.2, -0.15) is 0 Å². The maximum absolute atomic E-state index is 6.19. The molecule has 16 heavy (non-hydrogen) atoms. The lowest BCUT2D eigenvalue weighted by atomic mass is 10.1. The Labute approximate surface area is 107 Å². The lowest BCUT2D eigenvalue weighted by molar-refractivity contribution is 0.584. The third kappa shape index (κ3) is 5.53. The van der Waals surface area contributed by atoms with E-state index in [2.05, 4.69) is 4.99 Å². The molecule has 0 aliphatic rings. The van der Waals surface area contributed by atoms with Gasteiger partial charge in [-0.3, -0.25) is 4.99 Å². The summed E-state index contributed by atoms with van der Waals surface area (Å²) in [4.78, 5) is 4.34. The number of halogens is 2. The van der Waals surface area contributed by atoms with Crippen LogP contribution in [0.3, 0.4) is 0 Å². The molecule has 1 nitrogen and oxygen atoms in total. The van der Waals surface area contributed by atoms with Gasteiger partial charge in [-0.25, -0.2) is 0 Å². The Bertz CT molecular complexity index is 350. The molecule has 0 spiro atoms. The fourth-order valence-corrected chi connectivity index (χ4v) is 1.61. The average molecular weight is 258 g/mol. The van der Waals surface area contributed by atoms with E-state index in [1.807, 2.05) is 51.1 Å². The minimum atomic E-state index is -0.936. The van der Waals surface area contributed by atoms with E-state index in [-0.39, 0.29) is 5.54 Å². The topological polar surface area (TPSA) is 12.4 Å². The third-order valence-corrected chi connectivity index (χ3v) is 2.39. The molecule has 1 rings (SSSR count). The molecule has 0 amide bonds. The molecule has 0 radical (unpaired) electrons. The van der Waals surface area contributed by atoms with E-state index in [4.69, 9.17) is 23.2 Å². The molecule has 0 aromatic heterocycles. The Balaban J connectivity index is 2.69. The SMILES string of the molecule is CC(C)(C)N=CC(Cl)(Cl)Cc1ccccc1. The monoisotopic (exact) mass is 257 g/mol. The molecular formula is C13H17Cl2N. The standard InChI is InChI=1S/C13H17Cl2N/c1-12(2,3)16-10-13(14,15)9-11-7-5-4-6-8-11/h4-8,10H,9H2,1-3H3. The molecule has 0 fully saturated rings. The van der Waals surface area contributed by atoms with Crippen LogP contribution in [0.4, 0.5) is 0 Å². The van der Waals surface area contributed by atoms with E-state index < -0.39 is 4.33 Å². The predicted molar refractivity (Wildman–Crippen MR) is 72.8 cm³/mol. The third-order valence-electron chi connectivity index (χ3n) is 1.92. The van der Waals surface area contributed by atoms with Crippen LogP contribution < -0.4 is 0 Å². The van der Waals surface area contributed by atoms with E-state index in [1.165, 1.54) is 0 Å². The Morgan fingerprint density at radius 1 is 1.12 bits per heavy atom. The van der Waals surface area contributed by atoms with Gasteiger partial charge in [0.15, 0.2) is 4.33 Å². The Hall–Kier alpha value is -0.530. The molecule has 0 atom stereocenters. The van der Waals surface area contributed by atoms with E-state index >= 15 is 0 Å². The van der Waals surface area contributed by atoms with Crippen molar-refractivity contribution in [1.82, 2.24) is 0 Å². The van der Waals surface area contributed by atoms with Crippen LogP contribution in [-0.4, -0.2) is 16.1 Å². The lowest BCUT2D eigenvalue weighted by Crippen LogP contribution is -2.21. The van der Waals surface area contributed by atoms with Gasteiger partial charge in [0.1, 0.15) is 0 Å². The van der Waals surface area contributed by atoms with Crippen molar-refractivity contribution < 1.29 is 0 Å². The van der Waals surface area contributed by atoms with Gasteiger partial charge in [0, 0.05) is 12.6 Å². The van der Waals surface area contributed by atoms with Crippen LogP contribution >= 0.6 is 23.2 Å². The number of hydrogen-bond donors (Lipinski definition) is 0. The Morgan fingerprint density at radius 3 is 2.19 bits per heavy atom. The highest BCUT2D eigenvalue weighted by molar-refractivity contribution is 6.56. The summed E-state index contributed by atoms with van der Waals surface area (Å²) >= 11 is 12.4. The zero-order valence-corrected chi connectivity index (χ0v) is 11.4. The van der Waals surface area contributed by atoms with Crippen molar-refractivity contribution in [2.45, 2.75) is 37.1 Å². The highest BCUT2D eigenvalue weighted by atomic mass is 35.5. The Kier molecular flexibility index (Phi) is 4.40. The summed E-state index contributed by atoms with van der Waals surface area (Å²) in [6, 6.07) is 9.92. The summed E-state index contributed by atoms with van der Waals surface area (Å²) in [5.41, 5.74) is 0.957. The van der Waals surface area contributed by atoms with Gasteiger partial charge in [-0.1, -0.05) is 53.5 Å². The van der Waals surface area contributed by atoms with Crippen LogP contribution in [-0.2, 0) is 6.42 Å². The van der Waals surface area contributed by atoms with Gasteiger partial charge in [-0.15, -0.1) is 0 Å². The second-order valence-electron chi connectivity index (χ2n) is 4.85. The van der Waals surface area contributed by atoms with E-state index in [1.54, 1.807) is 6.21 Å². The first-order chi connectivity index (χ1) is 7.29. The second kappa shape index (κ2) is 5.20. The quantitative estimate of drug-likeness (QED) is 0.567. The zero-order valence-electron chi connectivity index (χ0n) is 9.87. The van der Waals surface area contributed by atoms with Crippen LogP contribution in [0.2, 0.25) is 0 Å². The van der Waals surface area contributed by atoms with Gasteiger partial charge in [0.05, 0.1) is 5.54 Å². The second-order valence-corrected chi connectivity index (χ2v) is 6.39. The van der Waals surface area contributed by atoms with Crippen LogP contribution in [0.1, 0.15) is 26.3 Å².